The van der Waals surface area contributed by atoms with Gasteiger partial charge >= 0.3 is 11.9 Å². The lowest BCUT2D eigenvalue weighted by molar-refractivity contribution is -0.158. The van der Waals surface area contributed by atoms with Gasteiger partial charge in [0.05, 0.1) is 32.1 Å². The van der Waals surface area contributed by atoms with Crippen molar-refractivity contribution < 1.29 is 28.6 Å². The molecule has 0 radical (unpaired) electrons. The topological polar surface area (TPSA) is 95.0 Å². The van der Waals surface area contributed by atoms with Crippen molar-refractivity contribution in [1.29, 1.82) is 0 Å². The third-order valence-corrected chi connectivity index (χ3v) is 9.27. The number of halogens is 2. The fraction of sp³-hybridized carbons (Fsp3) is 0.586. The highest BCUT2D eigenvalue weighted by atomic mass is 127. The molecule has 1 saturated heterocycles. The molecule has 4 atom stereocenters. The van der Waals surface area contributed by atoms with Crippen molar-refractivity contribution in [2.24, 2.45) is 11.3 Å². The summed E-state index contributed by atoms with van der Waals surface area (Å²) in [7, 11) is 0. The van der Waals surface area contributed by atoms with E-state index in [9.17, 15) is 14.4 Å². The van der Waals surface area contributed by atoms with Gasteiger partial charge in [-0.3, -0.25) is 9.59 Å². The van der Waals surface area contributed by atoms with Crippen molar-refractivity contribution in [2.45, 2.75) is 76.8 Å². The molecule has 1 aromatic carbocycles. The summed E-state index contributed by atoms with van der Waals surface area (Å²) in [4.78, 5) is 46.0. The lowest BCUT2D eigenvalue weighted by Gasteiger charge is -2.34. The van der Waals surface area contributed by atoms with E-state index in [1.165, 1.54) is 4.90 Å². The average molecular weight is 715 g/mol. The van der Waals surface area contributed by atoms with Crippen LogP contribution in [0.5, 0.6) is 5.88 Å². The molecule has 0 saturated carbocycles. The maximum Gasteiger partial charge on any atom is 0.328 e. The second-order valence-corrected chi connectivity index (χ2v) is 13.5. The molecule has 2 aliphatic heterocycles. The van der Waals surface area contributed by atoms with E-state index >= 15 is 0 Å². The number of fused-ring (bicyclic) bond motifs is 3. The van der Waals surface area contributed by atoms with Crippen molar-refractivity contribution in [2.75, 3.05) is 19.8 Å². The van der Waals surface area contributed by atoms with Gasteiger partial charge in [0.15, 0.2) is 0 Å². The Bertz CT molecular complexity index is 1230. The number of benzene rings is 1. The van der Waals surface area contributed by atoms with E-state index in [0.29, 0.717) is 12.5 Å². The Labute approximate surface area is 251 Å². The summed E-state index contributed by atoms with van der Waals surface area (Å²) in [6.45, 7) is 8.22. The van der Waals surface area contributed by atoms with E-state index in [0.717, 1.165) is 39.2 Å². The number of hydrogen-bond acceptors (Lipinski definition) is 7. The molecule has 8 nitrogen and oxygen atoms in total. The van der Waals surface area contributed by atoms with E-state index in [1.807, 2.05) is 26.8 Å². The Hall–Kier alpha value is -1.95. The molecule has 2 aliphatic rings. The maximum atomic E-state index is 14.0. The standard InChI is InChI=1S/C29H36BrIN2O6/c1-5-37-28(36)24-14-18-16-33(24)27(35)21(29(2,3)4)15-25(34)38-11-7-6-8-22(30)17-12-20-19(23(31)13-17)9-10-32-26(20)39-18/h9-10,12-13,18,21-22,24H,5-8,11,14-16H2,1-4H3/t18-,21-,22?,24+/m1/s1. The van der Waals surface area contributed by atoms with Crippen LogP contribution in [0.15, 0.2) is 24.4 Å². The van der Waals surface area contributed by atoms with Crippen LogP contribution in [-0.2, 0) is 23.9 Å². The Morgan fingerprint density at radius 1 is 1.23 bits per heavy atom. The summed E-state index contributed by atoms with van der Waals surface area (Å²) in [6.07, 6.45) is 3.95. The highest BCUT2D eigenvalue weighted by Gasteiger charge is 2.46. The van der Waals surface area contributed by atoms with Crippen LogP contribution in [0.4, 0.5) is 0 Å². The summed E-state index contributed by atoms with van der Waals surface area (Å²) in [5, 5.41) is 1.93. The van der Waals surface area contributed by atoms with Gasteiger partial charge in [0.1, 0.15) is 12.1 Å². The molecular formula is C29H36BrIN2O6. The third-order valence-electron chi connectivity index (χ3n) is 7.39. The van der Waals surface area contributed by atoms with E-state index in [-0.39, 0.29) is 36.7 Å². The van der Waals surface area contributed by atoms with E-state index in [1.54, 1.807) is 13.1 Å². The smallest absolute Gasteiger partial charge is 0.328 e. The molecule has 4 bridgehead atoms. The highest BCUT2D eigenvalue weighted by molar-refractivity contribution is 14.1. The van der Waals surface area contributed by atoms with Gasteiger partial charge in [-0.2, -0.15) is 0 Å². The lowest BCUT2D eigenvalue weighted by atomic mass is 9.77. The van der Waals surface area contributed by atoms with Gasteiger partial charge < -0.3 is 19.1 Å². The van der Waals surface area contributed by atoms with Gasteiger partial charge in [-0.1, -0.05) is 36.7 Å². The first kappa shape index (κ1) is 30.0. The average Bonchev–Trinajstić information content (AvgIpc) is 3.30. The van der Waals surface area contributed by atoms with Gasteiger partial charge in [0.2, 0.25) is 11.8 Å². The molecule has 0 spiro atoms. The maximum absolute atomic E-state index is 14.0. The van der Waals surface area contributed by atoms with Crippen molar-refractivity contribution >= 4 is 67.1 Å². The fourth-order valence-corrected chi connectivity index (χ4v) is 6.64. The van der Waals surface area contributed by atoms with Gasteiger partial charge in [0, 0.05) is 31.8 Å². The van der Waals surface area contributed by atoms with E-state index < -0.39 is 35.4 Å². The largest absolute Gasteiger partial charge is 0.472 e. The third kappa shape index (κ3) is 7.04. The van der Waals surface area contributed by atoms with Gasteiger partial charge in [-0.15, -0.1) is 0 Å². The lowest BCUT2D eigenvalue weighted by Crippen LogP contribution is -2.48. The SMILES string of the molecule is CCOC(=O)[C@@H]1C[C@@H]2CN1C(=O)[C@H](C(C)(C)C)CC(=O)OCCCCC(Br)c1cc(I)c3ccnc(c3c1)O2. The minimum atomic E-state index is -0.803. The molecule has 1 unspecified atom stereocenters. The number of carbonyl (C=O) groups excluding carboxylic acids is 3. The summed E-state index contributed by atoms with van der Waals surface area (Å²) < 4.78 is 18.4. The molecule has 39 heavy (non-hydrogen) atoms. The molecule has 0 N–H and O–H groups in total. The zero-order chi connectivity index (χ0) is 28.3. The van der Waals surface area contributed by atoms with Crippen LogP contribution in [-0.4, -0.2) is 59.6 Å². The van der Waals surface area contributed by atoms with Crippen LogP contribution >= 0.6 is 38.5 Å². The summed E-state index contributed by atoms with van der Waals surface area (Å²) >= 11 is 6.17. The number of amides is 1. The Kier molecular flexibility index (Phi) is 9.78. The normalized spacial score (nSPS) is 25.1. The van der Waals surface area contributed by atoms with Crippen LogP contribution < -0.4 is 4.74 Å². The summed E-state index contributed by atoms with van der Waals surface area (Å²) in [6, 6.07) is 5.42. The number of hydrogen-bond donors (Lipinski definition) is 0. The Morgan fingerprint density at radius 3 is 2.72 bits per heavy atom. The number of pyridine rings is 1. The second kappa shape index (κ2) is 12.7. The van der Waals surface area contributed by atoms with Gasteiger partial charge in [0.25, 0.3) is 0 Å². The molecule has 1 amide bonds. The number of cyclic esters (lactones) is 1. The number of ether oxygens (including phenoxy) is 3. The predicted molar refractivity (Wildman–Crippen MR) is 160 cm³/mol. The zero-order valence-electron chi connectivity index (χ0n) is 22.9. The summed E-state index contributed by atoms with van der Waals surface area (Å²) in [5.74, 6) is -1.33. The van der Waals surface area contributed by atoms with Crippen LogP contribution in [0.25, 0.3) is 10.8 Å². The van der Waals surface area contributed by atoms with Crippen molar-refractivity contribution in [3.63, 3.8) is 0 Å². The number of rotatable bonds is 2. The van der Waals surface area contributed by atoms with Crippen molar-refractivity contribution in [3.8, 4) is 5.88 Å². The minimum absolute atomic E-state index is 0.0508. The van der Waals surface area contributed by atoms with Gasteiger partial charge in [-0.05, 0) is 78.0 Å². The van der Waals surface area contributed by atoms with Gasteiger partial charge in [-0.25, -0.2) is 9.78 Å². The molecular weight excluding hydrogens is 679 g/mol. The molecule has 0 aliphatic carbocycles. The molecule has 1 aromatic heterocycles. The molecule has 212 valence electrons. The van der Waals surface area contributed by atoms with E-state index in [2.05, 4.69) is 55.6 Å². The van der Waals surface area contributed by atoms with Crippen LogP contribution in [0.2, 0.25) is 0 Å². The highest BCUT2D eigenvalue weighted by Crippen LogP contribution is 2.38. The zero-order valence-corrected chi connectivity index (χ0v) is 26.6. The first-order valence-corrected chi connectivity index (χ1v) is 15.5. The van der Waals surface area contributed by atoms with Crippen LogP contribution in [0.1, 0.15) is 70.2 Å². The van der Waals surface area contributed by atoms with Crippen LogP contribution in [0.3, 0.4) is 0 Å². The molecule has 2 aromatic rings. The molecule has 4 rings (SSSR count). The molecule has 3 heterocycles. The Morgan fingerprint density at radius 2 is 2.00 bits per heavy atom. The first-order valence-electron chi connectivity index (χ1n) is 13.5. The number of esters is 2. The first-order chi connectivity index (χ1) is 18.5. The number of alkyl halides is 1. The monoisotopic (exact) mass is 714 g/mol. The summed E-state index contributed by atoms with van der Waals surface area (Å²) in [5.41, 5.74) is 0.589. The Balaban J connectivity index is 1.75. The number of aromatic nitrogens is 1. The quantitative estimate of drug-likeness (QED) is 0.215. The second-order valence-electron chi connectivity index (χ2n) is 11.3. The van der Waals surface area contributed by atoms with Crippen molar-refractivity contribution in [3.05, 3.63) is 33.5 Å². The predicted octanol–water partition coefficient (Wildman–Crippen LogP) is 5.97. The van der Waals surface area contributed by atoms with Crippen LogP contribution in [0, 0.1) is 14.9 Å². The minimum Gasteiger partial charge on any atom is -0.472 e. The number of carbonyl (C=O) groups is 3. The number of nitrogens with zero attached hydrogens (tertiary/aromatic N) is 2. The van der Waals surface area contributed by atoms with E-state index in [4.69, 9.17) is 14.2 Å². The molecule has 1 fully saturated rings. The fourth-order valence-electron chi connectivity index (χ4n) is 5.22. The molecule has 10 heteroatoms. The van der Waals surface area contributed by atoms with Crippen molar-refractivity contribution in [1.82, 2.24) is 9.88 Å².